The lowest BCUT2D eigenvalue weighted by atomic mass is 9.86. The third-order valence-corrected chi connectivity index (χ3v) is 4.20. The van der Waals surface area contributed by atoms with Crippen molar-refractivity contribution in [3.05, 3.63) is 53.6 Å². The number of H-pyrrole nitrogens is 1. The second-order valence-electron chi connectivity index (χ2n) is 6.77. The van der Waals surface area contributed by atoms with Crippen molar-refractivity contribution in [1.29, 1.82) is 0 Å². The zero-order chi connectivity index (χ0) is 16.6. The topological polar surface area (TPSA) is 42.1 Å². The highest BCUT2D eigenvalue weighted by atomic mass is 16.5. The summed E-state index contributed by atoms with van der Waals surface area (Å²) in [4.78, 5) is 15.0. The number of hydrogen-bond acceptors (Lipinski definition) is 2. The van der Waals surface area contributed by atoms with Gasteiger partial charge in [-0.1, -0.05) is 45.0 Å². The summed E-state index contributed by atoms with van der Waals surface area (Å²) in [6.45, 7) is 6.57. The molecule has 118 valence electrons. The number of hydrogen-bond donors (Lipinski definition) is 1. The first-order chi connectivity index (χ1) is 10.9. The van der Waals surface area contributed by atoms with Crippen LogP contribution < -0.4 is 4.74 Å². The molecule has 0 aliphatic heterocycles. The molecule has 0 unspecified atom stereocenters. The molecule has 0 atom stereocenters. The molecule has 1 N–H and O–H groups in total. The number of rotatable bonds is 3. The summed E-state index contributed by atoms with van der Waals surface area (Å²) in [6, 6.07) is 14.1. The monoisotopic (exact) mass is 307 g/mol. The highest BCUT2D eigenvalue weighted by Gasteiger charge is 2.16. The molecule has 0 bridgehead atoms. The fraction of sp³-hybridized carbons (Fsp3) is 0.250. The van der Waals surface area contributed by atoms with Crippen molar-refractivity contribution in [2.75, 3.05) is 7.11 Å². The lowest BCUT2D eigenvalue weighted by Crippen LogP contribution is -2.10. The van der Waals surface area contributed by atoms with Crippen LogP contribution in [0.4, 0.5) is 0 Å². The highest BCUT2D eigenvalue weighted by Crippen LogP contribution is 2.32. The van der Waals surface area contributed by atoms with Gasteiger partial charge in [0.25, 0.3) is 0 Å². The summed E-state index contributed by atoms with van der Waals surface area (Å²) in [7, 11) is 1.63. The number of nitrogens with one attached hydrogen (secondary N) is 1. The van der Waals surface area contributed by atoms with E-state index in [1.165, 1.54) is 5.56 Å². The van der Waals surface area contributed by atoms with Crippen molar-refractivity contribution in [3.8, 4) is 17.0 Å². The SMILES string of the molecule is COc1ccc2[nH]c(-c3ccc(C(C)(C)C)cc3)c(C=O)c2c1. The summed E-state index contributed by atoms with van der Waals surface area (Å²) in [5.74, 6) is 0.745. The van der Waals surface area contributed by atoms with Crippen LogP contribution in [0.15, 0.2) is 42.5 Å². The zero-order valence-corrected chi connectivity index (χ0v) is 13.9. The summed E-state index contributed by atoms with van der Waals surface area (Å²) in [5.41, 5.74) is 4.84. The van der Waals surface area contributed by atoms with Crippen molar-refractivity contribution < 1.29 is 9.53 Å². The molecule has 1 heterocycles. The summed E-state index contributed by atoms with van der Waals surface area (Å²) < 4.78 is 5.26. The Balaban J connectivity index is 2.14. The molecule has 3 aromatic rings. The van der Waals surface area contributed by atoms with Crippen molar-refractivity contribution in [1.82, 2.24) is 4.98 Å². The molecule has 0 aliphatic rings. The minimum atomic E-state index is 0.111. The molecule has 3 rings (SSSR count). The van der Waals surface area contributed by atoms with Gasteiger partial charge in [-0.2, -0.15) is 0 Å². The molecule has 0 spiro atoms. The molecular formula is C20H21NO2. The summed E-state index contributed by atoms with van der Waals surface area (Å²) in [6.07, 6.45) is 0.908. The number of ether oxygens (including phenoxy) is 1. The molecular weight excluding hydrogens is 286 g/mol. The molecule has 23 heavy (non-hydrogen) atoms. The van der Waals surface area contributed by atoms with Gasteiger partial charge >= 0.3 is 0 Å². The van der Waals surface area contributed by atoms with Gasteiger partial charge in [-0.3, -0.25) is 4.79 Å². The lowest BCUT2D eigenvalue weighted by molar-refractivity contribution is 0.112. The Bertz CT molecular complexity index is 852. The number of carbonyl (C=O) groups is 1. The summed E-state index contributed by atoms with van der Waals surface area (Å²) >= 11 is 0. The van der Waals surface area contributed by atoms with E-state index in [-0.39, 0.29) is 5.41 Å². The number of aromatic nitrogens is 1. The molecule has 1 aromatic heterocycles. The molecule has 0 saturated carbocycles. The van der Waals surface area contributed by atoms with Crippen LogP contribution in [0.2, 0.25) is 0 Å². The average Bonchev–Trinajstić information content (AvgIpc) is 2.91. The first-order valence-electron chi connectivity index (χ1n) is 7.70. The van der Waals surface area contributed by atoms with Gasteiger partial charge in [0, 0.05) is 16.5 Å². The normalized spacial score (nSPS) is 11.7. The smallest absolute Gasteiger partial charge is 0.152 e. The van der Waals surface area contributed by atoms with Gasteiger partial charge in [0.15, 0.2) is 6.29 Å². The standard InChI is InChI=1S/C20H21NO2/c1-20(2,3)14-7-5-13(6-8-14)19-17(12-22)16-11-15(23-4)9-10-18(16)21-19/h5-12,21H,1-4H3. The van der Waals surface area contributed by atoms with Crippen LogP contribution >= 0.6 is 0 Å². The van der Waals surface area contributed by atoms with Gasteiger partial charge in [-0.15, -0.1) is 0 Å². The first-order valence-corrected chi connectivity index (χ1v) is 7.70. The van der Waals surface area contributed by atoms with Crippen LogP contribution in [-0.2, 0) is 5.41 Å². The molecule has 0 radical (unpaired) electrons. The minimum Gasteiger partial charge on any atom is -0.497 e. The second kappa shape index (κ2) is 5.58. The average molecular weight is 307 g/mol. The van der Waals surface area contributed by atoms with Gasteiger partial charge in [0.2, 0.25) is 0 Å². The van der Waals surface area contributed by atoms with Crippen molar-refractivity contribution in [2.45, 2.75) is 26.2 Å². The van der Waals surface area contributed by atoms with E-state index >= 15 is 0 Å². The molecule has 0 aliphatic carbocycles. The predicted molar refractivity (Wildman–Crippen MR) is 94.4 cm³/mol. The Morgan fingerprint density at radius 2 is 1.74 bits per heavy atom. The Morgan fingerprint density at radius 3 is 2.30 bits per heavy atom. The first kappa shape index (κ1) is 15.3. The number of carbonyl (C=O) groups excluding carboxylic acids is 1. The quantitative estimate of drug-likeness (QED) is 0.695. The van der Waals surface area contributed by atoms with E-state index in [1.54, 1.807) is 7.11 Å². The molecule has 0 amide bonds. The van der Waals surface area contributed by atoms with Gasteiger partial charge in [0.1, 0.15) is 5.75 Å². The van der Waals surface area contributed by atoms with Gasteiger partial charge in [-0.25, -0.2) is 0 Å². The third-order valence-electron chi connectivity index (χ3n) is 4.20. The van der Waals surface area contributed by atoms with Gasteiger partial charge < -0.3 is 9.72 Å². The second-order valence-corrected chi connectivity index (χ2v) is 6.77. The van der Waals surface area contributed by atoms with Crippen LogP contribution in [0, 0.1) is 0 Å². The van der Waals surface area contributed by atoms with Crippen LogP contribution in [0.1, 0.15) is 36.7 Å². The highest BCUT2D eigenvalue weighted by molar-refractivity contribution is 6.04. The largest absolute Gasteiger partial charge is 0.497 e. The number of methoxy groups -OCH3 is 1. The van der Waals surface area contributed by atoms with E-state index in [9.17, 15) is 4.79 Å². The van der Waals surface area contributed by atoms with E-state index in [2.05, 4.69) is 50.0 Å². The predicted octanol–water partition coefficient (Wildman–Crippen LogP) is 4.95. The molecule has 2 aromatic carbocycles. The van der Waals surface area contributed by atoms with E-state index < -0.39 is 0 Å². The Labute approximate surface area is 136 Å². The minimum absolute atomic E-state index is 0.111. The maximum atomic E-state index is 11.6. The molecule has 3 heteroatoms. The Morgan fingerprint density at radius 1 is 1.04 bits per heavy atom. The summed E-state index contributed by atoms with van der Waals surface area (Å²) in [5, 5.41) is 0.884. The zero-order valence-electron chi connectivity index (χ0n) is 13.9. The van der Waals surface area contributed by atoms with E-state index in [1.807, 2.05) is 18.2 Å². The van der Waals surface area contributed by atoms with Crippen LogP contribution in [-0.4, -0.2) is 18.4 Å². The fourth-order valence-electron chi connectivity index (χ4n) is 2.81. The van der Waals surface area contributed by atoms with E-state index in [4.69, 9.17) is 4.74 Å². The van der Waals surface area contributed by atoms with E-state index in [0.717, 1.165) is 34.2 Å². The van der Waals surface area contributed by atoms with E-state index in [0.29, 0.717) is 5.56 Å². The maximum absolute atomic E-state index is 11.6. The molecule has 0 fully saturated rings. The fourth-order valence-corrected chi connectivity index (χ4v) is 2.81. The van der Waals surface area contributed by atoms with Crippen molar-refractivity contribution in [2.24, 2.45) is 0 Å². The van der Waals surface area contributed by atoms with Crippen LogP contribution in [0.3, 0.4) is 0 Å². The Hall–Kier alpha value is -2.55. The van der Waals surface area contributed by atoms with Crippen LogP contribution in [0.5, 0.6) is 5.75 Å². The molecule has 0 saturated heterocycles. The van der Waals surface area contributed by atoms with Crippen molar-refractivity contribution in [3.63, 3.8) is 0 Å². The van der Waals surface area contributed by atoms with Gasteiger partial charge in [0.05, 0.1) is 12.8 Å². The van der Waals surface area contributed by atoms with Crippen molar-refractivity contribution >= 4 is 17.2 Å². The van der Waals surface area contributed by atoms with Gasteiger partial charge in [-0.05, 0) is 34.7 Å². The third kappa shape index (κ3) is 2.74. The van der Waals surface area contributed by atoms with Crippen LogP contribution in [0.25, 0.3) is 22.2 Å². The Kier molecular flexibility index (Phi) is 3.72. The molecule has 3 nitrogen and oxygen atoms in total. The number of aromatic amines is 1. The maximum Gasteiger partial charge on any atom is 0.152 e. The number of benzene rings is 2. The lowest BCUT2D eigenvalue weighted by Gasteiger charge is -2.19. The number of fused-ring (bicyclic) bond motifs is 1. The number of aldehydes is 1.